The summed E-state index contributed by atoms with van der Waals surface area (Å²) in [5.74, 6) is -2.49. The zero-order chi connectivity index (χ0) is 61.3. The minimum absolute atomic E-state index is 0.268. The van der Waals surface area contributed by atoms with Gasteiger partial charge in [-0.15, -0.1) is 0 Å². The Morgan fingerprint density at radius 2 is 0.771 bits per heavy atom. The van der Waals surface area contributed by atoms with Crippen LogP contribution in [0.3, 0.4) is 0 Å². The van der Waals surface area contributed by atoms with Crippen LogP contribution < -0.4 is 21.3 Å². The van der Waals surface area contributed by atoms with Crippen LogP contribution >= 0.6 is 0 Å². The summed E-state index contributed by atoms with van der Waals surface area (Å²) in [6.07, 6.45) is -52.0. The second-order valence-electron chi connectivity index (χ2n) is 20.5. The molecule has 6 aliphatic heterocycles. The van der Waals surface area contributed by atoms with Crippen molar-refractivity contribution in [1.82, 2.24) is 21.3 Å². The summed E-state index contributed by atoms with van der Waals surface area (Å²) >= 11 is 0. The van der Waals surface area contributed by atoms with Gasteiger partial charge >= 0.3 is 0 Å². The van der Waals surface area contributed by atoms with Gasteiger partial charge in [-0.3, -0.25) is 19.2 Å². The second-order valence-corrected chi connectivity index (χ2v) is 20.5. The lowest BCUT2D eigenvalue weighted by Crippen LogP contribution is -2.71. The van der Waals surface area contributed by atoms with E-state index in [1.807, 2.05) is 0 Å². The number of carbonyl (C=O) groups is 4. The summed E-state index contributed by atoms with van der Waals surface area (Å²) in [7, 11) is 0. The van der Waals surface area contributed by atoms with Crippen molar-refractivity contribution >= 4 is 24.1 Å². The minimum Gasteiger partial charge on any atom is -0.394 e. The van der Waals surface area contributed by atoms with E-state index >= 15 is 0 Å². The van der Waals surface area contributed by atoms with Crippen molar-refractivity contribution < 1.29 is 163 Å². The fourth-order valence-corrected chi connectivity index (χ4v) is 10.2. The Bertz CT molecular complexity index is 2050. The first-order valence-corrected chi connectivity index (χ1v) is 26.3. The SMILES string of the molecule is CC(=O)N[C@H]1[C@H](OC[C@H]2O[C@@H](O[C@H]3[C@H](O)[C@@H](CO)O[C@@H](O[C@H]4[C@@H](O)[C@@H](CO)O[C@@H](O[C@H]5[C@H](O)[C@@H](O)[C@H](OC[C@@H](CO)NC=O)O[C@@H]5CO)[C@@H]4O)[C@@H]3NC(C)=O)[C@H](O)[C@@H](O[C@@H]3O[C@H](CO)[C@@H](O)[C@H](O)[C@H]3NC(C)=O)[C@H]2O)O[C@H](CO)[C@@H](O)[C@@H]1O. The van der Waals surface area contributed by atoms with Crippen molar-refractivity contribution in [2.24, 2.45) is 0 Å². The fourth-order valence-electron chi connectivity index (χ4n) is 10.2. The third kappa shape index (κ3) is 16.1. The standard InChI is InChI=1S/C46H78N4O33/c1-13(58)48-23-31(66)26(61)17(5-52)74-41(23)73-11-22-30(65)40(82-42-24(49-14(2)59)32(67)27(62)18(6-53)75-42)36(71)46(79-22)81-38-25(50-15(3)60)43(76-19(7-54)28(38)63)83-39-29(64)20(8-55)77-45(35(39)70)80-37-21(9-56)78-44(34(69)33(37)68)72-10-16(4-51)47-12-57/h12,16-46,51-56,61-71H,4-11H2,1-3H3,(H,47,57)(H,48,58)(H,49,59)(H,50,60)/t16-,17-,18-,19-,20-,21-,22-,23-,24-,25-,26-,27-,28-,29+,30+,31-,32-,33-,34-,35-,36-,37-,38-,39+,40+,41-,42+,43+,44-,45+,46+/m1/s1. The molecule has 6 rings (SSSR count). The van der Waals surface area contributed by atoms with Crippen LogP contribution in [0, 0.1) is 0 Å². The van der Waals surface area contributed by atoms with Gasteiger partial charge in [-0.2, -0.15) is 0 Å². The first-order valence-electron chi connectivity index (χ1n) is 26.3. The summed E-state index contributed by atoms with van der Waals surface area (Å²) < 4.78 is 69.8. The Kier molecular flexibility index (Phi) is 25.8. The van der Waals surface area contributed by atoms with E-state index in [-0.39, 0.29) is 6.41 Å². The highest BCUT2D eigenvalue weighted by atomic mass is 16.8. The molecule has 0 aromatic rings. The van der Waals surface area contributed by atoms with E-state index in [4.69, 9.17) is 56.8 Å². The molecule has 0 radical (unpaired) electrons. The maximum Gasteiger partial charge on any atom is 0.217 e. The van der Waals surface area contributed by atoms with Gasteiger partial charge in [0.25, 0.3) is 0 Å². The predicted octanol–water partition coefficient (Wildman–Crippen LogP) is -14.5. The lowest BCUT2D eigenvalue weighted by atomic mass is 9.94. The van der Waals surface area contributed by atoms with Crippen molar-refractivity contribution in [3.05, 3.63) is 0 Å². The van der Waals surface area contributed by atoms with Gasteiger partial charge < -0.3 is 165 Å². The van der Waals surface area contributed by atoms with Gasteiger partial charge in [-0.1, -0.05) is 0 Å². The Balaban J connectivity index is 1.31. The number of ether oxygens (including phenoxy) is 12. The molecule has 37 nitrogen and oxygen atoms in total. The van der Waals surface area contributed by atoms with E-state index in [9.17, 15) is 106 Å². The van der Waals surface area contributed by atoms with Crippen LogP contribution in [0.25, 0.3) is 0 Å². The summed E-state index contributed by atoms with van der Waals surface area (Å²) in [6.45, 7) is -3.84. The minimum atomic E-state index is -2.32. The first kappa shape index (κ1) is 68.8. The van der Waals surface area contributed by atoms with Crippen LogP contribution in [0.1, 0.15) is 20.8 Å². The summed E-state index contributed by atoms with van der Waals surface area (Å²) in [6, 6.07) is -6.14. The van der Waals surface area contributed by atoms with Crippen molar-refractivity contribution in [2.45, 2.75) is 211 Å². The number of carbonyl (C=O) groups excluding carboxylic acids is 4. The van der Waals surface area contributed by atoms with E-state index < -0.39 is 261 Å². The molecule has 6 saturated heterocycles. The molecule has 0 aromatic heterocycles. The van der Waals surface area contributed by atoms with Gasteiger partial charge in [-0.25, -0.2) is 0 Å². The van der Waals surface area contributed by atoms with Crippen LogP contribution in [-0.2, 0) is 76.0 Å². The zero-order valence-corrected chi connectivity index (χ0v) is 44.8. The molecule has 4 amide bonds. The number of aliphatic hydroxyl groups excluding tert-OH is 17. The molecule has 0 aliphatic carbocycles. The van der Waals surface area contributed by atoms with Gasteiger partial charge in [0.2, 0.25) is 24.1 Å². The third-order valence-electron chi connectivity index (χ3n) is 14.6. The van der Waals surface area contributed by atoms with Crippen LogP contribution in [0.5, 0.6) is 0 Å². The molecule has 21 N–H and O–H groups in total. The molecule has 6 heterocycles. The topological polar surface area (TPSA) is 571 Å². The number of aliphatic hydroxyl groups is 17. The molecule has 37 heteroatoms. The molecule has 0 unspecified atom stereocenters. The van der Waals surface area contributed by atoms with Crippen LogP contribution in [0.15, 0.2) is 0 Å². The highest BCUT2D eigenvalue weighted by molar-refractivity contribution is 5.74. The highest BCUT2D eigenvalue weighted by Crippen LogP contribution is 2.37. The highest BCUT2D eigenvalue weighted by Gasteiger charge is 2.58. The Hall–Kier alpha value is -3.28. The molecular weight excluding hydrogens is 1140 g/mol. The molecular formula is C46H78N4O33. The molecule has 0 saturated carbocycles. The lowest BCUT2D eigenvalue weighted by Gasteiger charge is -2.51. The molecule has 0 aromatic carbocycles. The van der Waals surface area contributed by atoms with Crippen molar-refractivity contribution in [3.63, 3.8) is 0 Å². The number of hydrogen-bond donors (Lipinski definition) is 21. The van der Waals surface area contributed by atoms with Crippen molar-refractivity contribution in [2.75, 3.05) is 52.9 Å². The van der Waals surface area contributed by atoms with Gasteiger partial charge in [-0.05, 0) is 0 Å². The van der Waals surface area contributed by atoms with E-state index in [0.29, 0.717) is 0 Å². The summed E-state index contributed by atoms with van der Waals surface area (Å²) in [4.78, 5) is 48.5. The zero-order valence-electron chi connectivity index (χ0n) is 44.8. The number of amides is 4. The number of nitrogens with one attached hydrogen (secondary N) is 4. The first-order chi connectivity index (χ1) is 39.4. The van der Waals surface area contributed by atoms with E-state index in [1.54, 1.807) is 0 Å². The summed E-state index contributed by atoms with van der Waals surface area (Å²) in [5, 5.41) is 194. The van der Waals surface area contributed by atoms with Gasteiger partial charge in [0, 0.05) is 20.8 Å². The molecule has 0 spiro atoms. The molecule has 6 fully saturated rings. The predicted molar refractivity (Wildman–Crippen MR) is 258 cm³/mol. The Morgan fingerprint density at radius 1 is 0.398 bits per heavy atom. The van der Waals surface area contributed by atoms with Gasteiger partial charge in [0.1, 0.15) is 146 Å². The molecule has 83 heavy (non-hydrogen) atoms. The normalized spacial score (nSPS) is 45.4. The maximum absolute atomic E-state index is 13.0. The van der Waals surface area contributed by atoms with Crippen LogP contribution in [-0.4, -0.2) is 354 Å². The largest absolute Gasteiger partial charge is 0.394 e. The Labute approximate surface area is 471 Å². The third-order valence-corrected chi connectivity index (χ3v) is 14.6. The van der Waals surface area contributed by atoms with E-state index in [1.165, 1.54) is 0 Å². The molecule has 31 atom stereocenters. The summed E-state index contributed by atoms with van der Waals surface area (Å²) in [5.41, 5.74) is 0. The van der Waals surface area contributed by atoms with Crippen LogP contribution in [0.4, 0.5) is 0 Å². The van der Waals surface area contributed by atoms with Gasteiger partial charge in [0.15, 0.2) is 37.7 Å². The van der Waals surface area contributed by atoms with Crippen molar-refractivity contribution in [1.29, 1.82) is 0 Å². The van der Waals surface area contributed by atoms with E-state index in [0.717, 1.165) is 20.8 Å². The van der Waals surface area contributed by atoms with Crippen LogP contribution in [0.2, 0.25) is 0 Å². The average molecular weight is 1220 g/mol. The number of hydrogen-bond acceptors (Lipinski definition) is 33. The molecule has 6 aliphatic rings. The monoisotopic (exact) mass is 1210 g/mol. The van der Waals surface area contributed by atoms with Crippen molar-refractivity contribution in [3.8, 4) is 0 Å². The smallest absolute Gasteiger partial charge is 0.217 e. The maximum atomic E-state index is 13.0. The average Bonchev–Trinajstić information content (AvgIpc) is 3.38. The molecule has 0 bridgehead atoms. The quantitative estimate of drug-likeness (QED) is 0.0377. The Morgan fingerprint density at radius 3 is 1.24 bits per heavy atom. The van der Waals surface area contributed by atoms with E-state index in [2.05, 4.69) is 21.3 Å². The fraction of sp³-hybridized carbons (Fsp3) is 0.913. The second kappa shape index (κ2) is 31.1. The molecule has 480 valence electrons. The number of rotatable bonds is 25. The lowest BCUT2D eigenvalue weighted by molar-refractivity contribution is -0.385. The van der Waals surface area contributed by atoms with Gasteiger partial charge in [0.05, 0.1) is 58.9 Å².